The molecule has 0 radical (unpaired) electrons. The summed E-state index contributed by atoms with van der Waals surface area (Å²) in [5.41, 5.74) is 0. The Morgan fingerprint density at radius 1 is 0.515 bits per heavy atom. The van der Waals surface area contributed by atoms with E-state index in [0.29, 0.717) is 38.6 Å². The number of ketones is 1. The van der Waals surface area contributed by atoms with E-state index in [1.54, 1.807) is 0 Å². The van der Waals surface area contributed by atoms with Crippen molar-refractivity contribution >= 4 is 29.6 Å². The Balaban J connectivity index is 0.00000258. The first-order chi connectivity index (χ1) is 32.0. The van der Waals surface area contributed by atoms with Crippen LogP contribution in [0.3, 0.4) is 0 Å². The van der Waals surface area contributed by atoms with Crippen molar-refractivity contribution in [2.24, 2.45) is 0 Å². The van der Waals surface area contributed by atoms with Crippen molar-refractivity contribution in [3.8, 4) is 0 Å². The van der Waals surface area contributed by atoms with E-state index in [4.69, 9.17) is 14.2 Å². The Morgan fingerprint density at radius 3 is 1.41 bits per heavy atom. The molecule has 10 heteroatoms. The van der Waals surface area contributed by atoms with Crippen LogP contribution >= 0.6 is 0 Å². The summed E-state index contributed by atoms with van der Waals surface area (Å²) >= 11 is 0. The molecule has 1 unspecified atom stereocenters. The van der Waals surface area contributed by atoms with Crippen LogP contribution in [0.25, 0.3) is 0 Å². The standard InChI is InChI=1S/C42H76N2O8.C14H30/c1-6-8-10-12-15-19-26-36(27-20-16-13-11-9-7-2)51-40(47)29-21-17-14-18-24-32-50-42(49)38-33-37(52-41(48)30-31-43(4)5)34-44(38)39(46)28-23-22-25-35(3)45;1-3-5-7-9-11-13-14-12-10-8-6-4-2/h36-38H,6-34H2,1-5H3;3-14H2,1-2H3/t37?,38-;/m0./s1. The van der Waals surface area contributed by atoms with Crippen LogP contribution in [0.5, 0.6) is 0 Å². The number of hydrogen-bond acceptors (Lipinski definition) is 9. The molecule has 0 spiro atoms. The maximum atomic E-state index is 13.1. The first-order valence-electron chi connectivity index (χ1n) is 28.0. The number of unbranched alkanes of at least 4 members (excludes halogenated alkanes) is 26. The Morgan fingerprint density at radius 2 is 0.939 bits per heavy atom. The molecule has 0 aromatic carbocycles. The van der Waals surface area contributed by atoms with Gasteiger partial charge in [-0.05, 0) is 72.4 Å². The maximum Gasteiger partial charge on any atom is 0.329 e. The summed E-state index contributed by atoms with van der Waals surface area (Å²) in [6.45, 7) is 11.5. The number of esters is 3. The van der Waals surface area contributed by atoms with Crippen LogP contribution in [0.4, 0.5) is 0 Å². The molecule has 0 aromatic heterocycles. The molecule has 1 amide bonds. The minimum atomic E-state index is -0.788. The zero-order valence-electron chi connectivity index (χ0n) is 44.4. The van der Waals surface area contributed by atoms with Crippen LogP contribution in [-0.4, -0.2) is 91.4 Å². The second-order valence-electron chi connectivity index (χ2n) is 19.8. The summed E-state index contributed by atoms with van der Waals surface area (Å²) in [5.74, 6) is -0.998. The molecule has 1 heterocycles. The van der Waals surface area contributed by atoms with Crippen LogP contribution < -0.4 is 0 Å². The van der Waals surface area contributed by atoms with Crippen molar-refractivity contribution in [2.45, 2.75) is 297 Å². The number of Topliss-reactive ketones (excluding diaryl/α,β-unsaturated/α-hetero) is 1. The fraction of sp³-hybridized carbons (Fsp3) is 0.911. The number of nitrogens with zero attached hydrogens (tertiary/aromatic N) is 2. The van der Waals surface area contributed by atoms with Gasteiger partial charge in [0.25, 0.3) is 0 Å². The predicted octanol–water partition coefficient (Wildman–Crippen LogP) is 14.6. The quantitative estimate of drug-likeness (QED) is 0.0334. The number of carbonyl (C=O) groups is 5. The van der Waals surface area contributed by atoms with Gasteiger partial charge in [-0.2, -0.15) is 0 Å². The SMILES string of the molecule is CCCCCCCCC(CCCCCCCC)OC(=O)CCCCCCCOC(=O)[C@@H]1CC(OC(=O)CCN(C)C)CN1C(=O)CCCCC(C)=O.CCCCCCCCCCCCCC. The molecular weight excluding hydrogens is 829 g/mol. The summed E-state index contributed by atoms with van der Waals surface area (Å²) in [7, 11) is 3.76. The first kappa shape index (κ1) is 63.5. The molecule has 0 bridgehead atoms. The van der Waals surface area contributed by atoms with Gasteiger partial charge in [0.1, 0.15) is 24.0 Å². The minimum absolute atomic E-state index is 0.0442. The molecule has 1 rings (SSSR count). The van der Waals surface area contributed by atoms with Crippen molar-refractivity contribution in [1.82, 2.24) is 9.80 Å². The molecule has 388 valence electrons. The average molecular weight is 935 g/mol. The van der Waals surface area contributed by atoms with Gasteiger partial charge < -0.3 is 28.8 Å². The Hall–Kier alpha value is -2.49. The first-order valence-corrected chi connectivity index (χ1v) is 28.0. The molecule has 0 aliphatic carbocycles. The lowest BCUT2D eigenvalue weighted by Crippen LogP contribution is -2.41. The monoisotopic (exact) mass is 935 g/mol. The molecule has 2 atom stereocenters. The van der Waals surface area contributed by atoms with Crippen molar-refractivity contribution in [3.05, 3.63) is 0 Å². The second-order valence-corrected chi connectivity index (χ2v) is 19.8. The highest BCUT2D eigenvalue weighted by Crippen LogP contribution is 2.25. The summed E-state index contributed by atoms with van der Waals surface area (Å²) < 4.78 is 17.2. The lowest BCUT2D eigenvalue weighted by atomic mass is 10.0. The van der Waals surface area contributed by atoms with Crippen LogP contribution in [0.15, 0.2) is 0 Å². The normalized spacial score (nSPS) is 14.7. The third-order valence-corrected chi connectivity index (χ3v) is 12.9. The Bertz CT molecular complexity index is 1150. The molecule has 10 nitrogen and oxygen atoms in total. The van der Waals surface area contributed by atoms with Gasteiger partial charge in [-0.15, -0.1) is 0 Å². The highest BCUT2D eigenvalue weighted by Gasteiger charge is 2.42. The fourth-order valence-corrected chi connectivity index (χ4v) is 8.63. The average Bonchev–Trinajstić information content (AvgIpc) is 3.72. The molecule has 1 fully saturated rings. The predicted molar refractivity (Wildman–Crippen MR) is 274 cm³/mol. The van der Waals surface area contributed by atoms with E-state index in [1.165, 1.54) is 153 Å². The number of carbonyl (C=O) groups excluding carboxylic acids is 5. The van der Waals surface area contributed by atoms with E-state index >= 15 is 0 Å². The second kappa shape index (κ2) is 46.2. The van der Waals surface area contributed by atoms with Gasteiger partial charge in [0, 0.05) is 32.2 Å². The molecule has 0 aromatic rings. The zero-order valence-corrected chi connectivity index (χ0v) is 44.4. The molecule has 0 N–H and O–H groups in total. The summed E-state index contributed by atoms with van der Waals surface area (Å²) in [6, 6.07) is -0.788. The third-order valence-electron chi connectivity index (χ3n) is 12.9. The van der Waals surface area contributed by atoms with Crippen LogP contribution in [-0.2, 0) is 38.2 Å². The van der Waals surface area contributed by atoms with Crippen molar-refractivity contribution in [3.63, 3.8) is 0 Å². The zero-order chi connectivity index (χ0) is 48.9. The number of ether oxygens (including phenoxy) is 3. The van der Waals surface area contributed by atoms with Gasteiger partial charge in [0.05, 0.1) is 19.6 Å². The topological polar surface area (TPSA) is 120 Å². The van der Waals surface area contributed by atoms with Gasteiger partial charge >= 0.3 is 17.9 Å². The van der Waals surface area contributed by atoms with E-state index < -0.39 is 18.1 Å². The maximum absolute atomic E-state index is 13.1. The smallest absolute Gasteiger partial charge is 0.329 e. The Kier molecular flexibility index (Phi) is 44.5. The number of amides is 1. The van der Waals surface area contributed by atoms with E-state index in [1.807, 2.05) is 19.0 Å². The number of likely N-dealkylation sites (tertiary alicyclic amines) is 1. The van der Waals surface area contributed by atoms with E-state index in [0.717, 1.165) is 51.4 Å². The molecule has 1 aliphatic rings. The summed E-state index contributed by atoms with van der Waals surface area (Å²) in [4.78, 5) is 65.9. The third kappa shape index (κ3) is 39.5. The minimum Gasteiger partial charge on any atom is -0.464 e. The lowest BCUT2D eigenvalue weighted by Gasteiger charge is -2.23. The van der Waals surface area contributed by atoms with Crippen LogP contribution in [0.2, 0.25) is 0 Å². The lowest BCUT2D eigenvalue weighted by molar-refractivity contribution is -0.153. The fourth-order valence-electron chi connectivity index (χ4n) is 8.63. The van der Waals surface area contributed by atoms with E-state index in [9.17, 15) is 24.0 Å². The van der Waals surface area contributed by atoms with Crippen LogP contribution in [0, 0.1) is 0 Å². The van der Waals surface area contributed by atoms with Crippen molar-refractivity contribution in [2.75, 3.05) is 33.8 Å². The van der Waals surface area contributed by atoms with Gasteiger partial charge in [-0.3, -0.25) is 14.4 Å². The Labute approximate surface area is 406 Å². The largest absolute Gasteiger partial charge is 0.464 e. The van der Waals surface area contributed by atoms with Gasteiger partial charge in [0.2, 0.25) is 5.91 Å². The van der Waals surface area contributed by atoms with E-state index in [-0.39, 0.29) is 62.1 Å². The summed E-state index contributed by atoms with van der Waals surface area (Å²) in [6.07, 6.45) is 40.7. The molecule has 66 heavy (non-hydrogen) atoms. The summed E-state index contributed by atoms with van der Waals surface area (Å²) in [5, 5.41) is 0. The van der Waals surface area contributed by atoms with Crippen LogP contribution in [0.1, 0.15) is 279 Å². The highest BCUT2D eigenvalue weighted by atomic mass is 16.6. The van der Waals surface area contributed by atoms with Gasteiger partial charge in [0.15, 0.2) is 0 Å². The molecule has 1 aliphatic heterocycles. The van der Waals surface area contributed by atoms with E-state index in [2.05, 4.69) is 27.7 Å². The molecular formula is C56H106N2O8. The van der Waals surface area contributed by atoms with Crippen molar-refractivity contribution in [1.29, 1.82) is 0 Å². The number of rotatable bonds is 44. The van der Waals surface area contributed by atoms with Crippen molar-refractivity contribution < 1.29 is 38.2 Å². The van der Waals surface area contributed by atoms with Gasteiger partial charge in [-0.25, -0.2) is 4.79 Å². The van der Waals surface area contributed by atoms with Gasteiger partial charge in [-0.1, -0.05) is 188 Å². The highest BCUT2D eigenvalue weighted by molar-refractivity contribution is 5.85. The molecule has 0 saturated carbocycles. The molecule has 1 saturated heterocycles. The number of hydrogen-bond donors (Lipinski definition) is 0.